The van der Waals surface area contributed by atoms with Crippen LogP contribution in [0.2, 0.25) is 0 Å². The number of benzene rings is 3. The van der Waals surface area contributed by atoms with Crippen molar-refractivity contribution in [2.45, 2.75) is 13.3 Å². The lowest BCUT2D eigenvalue weighted by Gasteiger charge is -2.12. The number of hydrogen-bond acceptors (Lipinski definition) is 5. The summed E-state index contributed by atoms with van der Waals surface area (Å²) in [6, 6.07) is 28.7. The maximum Gasteiger partial charge on any atom is 0.160 e. The van der Waals surface area contributed by atoms with E-state index in [-0.39, 0.29) is 0 Å². The molecular formula is C29H28N4O2. The van der Waals surface area contributed by atoms with Crippen molar-refractivity contribution in [3.63, 3.8) is 0 Å². The minimum atomic E-state index is 0.725. The molecule has 3 aromatic carbocycles. The first kappa shape index (κ1) is 22.5. The van der Waals surface area contributed by atoms with Gasteiger partial charge in [0, 0.05) is 29.8 Å². The smallest absolute Gasteiger partial charge is 0.160 e. The molecule has 2 heterocycles. The molecule has 0 amide bonds. The summed E-state index contributed by atoms with van der Waals surface area (Å²) in [6.07, 6.45) is 0.816. The molecule has 0 spiro atoms. The quantitative estimate of drug-likeness (QED) is 0.303. The van der Waals surface area contributed by atoms with E-state index in [1.54, 1.807) is 14.2 Å². The van der Waals surface area contributed by atoms with Crippen LogP contribution < -0.4 is 14.8 Å². The van der Waals surface area contributed by atoms with E-state index in [1.165, 1.54) is 5.56 Å². The summed E-state index contributed by atoms with van der Waals surface area (Å²) in [5.41, 5.74) is 7.10. The SMILES string of the molecule is COc1ccc(CCNc2cc(-c3ccccc3)nc3cc(-c4cccc(C)c4)nn23)cc1OC. The van der Waals surface area contributed by atoms with E-state index in [0.717, 1.165) is 64.0 Å². The van der Waals surface area contributed by atoms with E-state index in [0.29, 0.717) is 0 Å². The van der Waals surface area contributed by atoms with Crippen LogP contribution in [0.3, 0.4) is 0 Å². The van der Waals surface area contributed by atoms with Crippen LogP contribution in [0.5, 0.6) is 11.5 Å². The molecule has 0 aliphatic carbocycles. The number of aromatic nitrogens is 3. The van der Waals surface area contributed by atoms with Gasteiger partial charge in [0.1, 0.15) is 5.82 Å². The Balaban J connectivity index is 1.47. The van der Waals surface area contributed by atoms with Crippen LogP contribution in [0, 0.1) is 6.92 Å². The first-order valence-electron chi connectivity index (χ1n) is 11.6. The zero-order chi connectivity index (χ0) is 24.2. The minimum Gasteiger partial charge on any atom is -0.493 e. The van der Waals surface area contributed by atoms with Crippen molar-refractivity contribution in [2.75, 3.05) is 26.1 Å². The fourth-order valence-corrected chi connectivity index (χ4v) is 4.17. The summed E-state index contributed by atoms with van der Waals surface area (Å²) in [4.78, 5) is 4.91. The van der Waals surface area contributed by atoms with Crippen LogP contribution in [0.25, 0.3) is 28.2 Å². The molecule has 0 fully saturated rings. The predicted molar refractivity (Wildman–Crippen MR) is 140 cm³/mol. The lowest BCUT2D eigenvalue weighted by molar-refractivity contribution is 0.354. The highest BCUT2D eigenvalue weighted by atomic mass is 16.5. The van der Waals surface area contributed by atoms with Gasteiger partial charge in [0.15, 0.2) is 17.1 Å². The molecule has 0 saturated carbocycles. The van der Waals surface area contributed by atoms with E-state index in [2.05, 4.69) is 60.8 Å². The fourth-order valence-electron chi connectivity index (χ4n) is 4.17. The Bertz CT molecular complexity index is 1460. The molecule has 0 atom stereocenters. The molecule has 2 aromatic heterocycles. The largest absolute Gasteiger partial charge is 0.493 e. The van der Waals surface area contributed by atoms with Gasteiger partial charge in [-0.3, -0.25) is 0 Å². The van der Waals surface area contributed by atoms with Gasteiger partial charge in [-0.15, -0.1) is 0 Å². The van der Waals surface area contributed by atoms with Gasteiger partial charge in [0.25, 0.3) is 0 Å². The third kappa shape index (κ3) is 4.82. The van der Waals surface area contributed by atoms with E-state index < -0.39 is 0 Å². The van der Waals surface area contributed by atoms with Gasteiger partial charge >= 0.3 is 0 Å². The molecule has 5 aromatic rings. The van der Waals surface area contributed by atoms with Crippen molar-refractivity contribution < 1.29 is 9.47 Å². The van der Waals surface area contributed by atoms with Gasteiger partial charge < -0.3 is 14.8 Å². The van der Waals surface area contributed by atoms with Crippen LogP contribution in [-0.4, -0.2) is 35.4 Å². The number of rotatable bonds is 8. The Morgan fingerprint density at radius 1 is 0.771 bits per heavy atom. The number of nitrogens with zero attached hydrogens (tertiary/aromatic N) is 3. The van der Waals surface area contributed by atoms with Crippen molar-refractivity contribution in [1.82, 2.24) is 14.6 Å². The van der Waals surface area contributed by atoms with Gasteiger partial charge in [-0.05, 0) is 37.1 Å². The summed E-state index contributed by atoms with van der Waals surface area (Å²) >= 11 is 0. The molecule has 0 aliphatic rings. The molecule has 5 rings (SSSR count). The summed E-state index contributed by atoms with van der Waals surface area (Å²) in [6.45, 7) is 2.81. The Morgan fingerprint density at radius 3 is 2.34 bits per heavy atom. The Hall–Kier alpha value is -4.32. The average molecular weight is 465 g/mol. The lowest BCUT2D eigenvalue weighted by atomic mass is 10.1. The van der Waals surface area contributed by atoms with Crippen molar-refractivity contribution in [2.24, 2.45) is 0 Å². The molecular weight excluding hydrogens is 436 g/mol. The van der Waals surface area contributed by atoms with Gasteiger partial charge in [-0.1, -0.05) is 60.2 Å². The first-order valence-corrected chi connectivity index (χ1v) is 11.6. The number of nitrogens with one attached hydrogen (secondary N) is 1. The zero-order valence-corrected chi connectivity index (χ0v) is 20.2. The predicted octanol–water partition coefficient (Wildman–Crippen LogP) is 6.04. The van der Waals surface area contributed by atoms with Gasteiger partial charge in [0.05, 0.1) is 25.6 Å². The molecule has 0 unspecified atom stereocenters. The third-order valence-corrected chi connectivity index (χ3v) is 5.98. The molecule has 35 heavy (non-hydrogen) atoms. The molecule has 1 N–H and O–H groups in total. The van der Waals surface area contributed by atoms with Crippen LogP contribution in [0.15, 0.2) is 84.9 Å². The normalized spacial score (nSPS) is 10.9. The summed E-state index contributed by atoms with van der Waals surface area (Å²) in [5, 5.41) is 8.47. The number of fused-ring (bicyclic) bond motifs is 1. The van der Waals surface area contributed by atoms with E-state index >= 15 is 0 Å². The summed E-state index contributed by atoms with van der Waals surface area (Å²) in [5.74, 6) is 2.36. The highest BCUT2D eigenvalue weighted by Gasteiger charge is 2.13. The second kappa shape index (κ2) is 9.89. The van der Waals surface area contributed by atoms with Crippen molar-refractivity contribution in [1.29, 1.82) is 0 Å². The minimum absolute atomic E-state index is 0.725. The summed E-state index contributed by atoms with van der Waals surface area (Å²) in [7, 11) is 3.30. The second-order valence-electron chi connectivity index (χ2n) is 8.43. The Kier molecular flexibility index (Phi) is 6.35. The molecule has 6 nitrogen and oxygen atoms in total. The molecule has 0 radical (unpaired) electrons. The molecule has 6 heteroatoms. The number of hydrogen-bond donors (Lipinski definition) is 1. The highest BCUT2D eigenvalue weighted by Crippen LogP contribution is 2.29. The fraction of sp³-hybridized carbons (Fsp3) is 0.172. The van der Waals surface area contributed by atoms with Crippen LogP contribution >= 0.6 is 0 Å². The molecule has 0 saturated heterocycles. The van der Waals surface area contributed by atoms with Crippen LogP contribution in [-0.2, 0) is 6.42 Å². The van der Waals surface area contributed by atoms with Crippen molar-refractivity contribution in [3.8, 4) is 34.0 Å². The molecule has 176 valence electrons. The van der Waals surface area contributed by atoms with Gasteiger partial charge in [-0.25, -0.2) is 4.98 Å². The maximum absolute atomic E-state index is 5.45. The topological polar surface area (TPSA) is 60.7 Å². The zero-order valence-electron chi connectivity index (χ0n) is 20.2. The summed E-state index contributed by atoms with van der Waals surface area (Å²) < 4.78 is 12.7. The number of aryl methyl sites for hydroxylation is 1. The van der Waals surface area contributed by atoms with Crippen LogP contribution in [0.1, 0.15) is 11.1 Å². The highest BCUT2D eigenvalue weighted by molar-refractivity contribution is 5.71. The van der Waals surface area contributed by atoms with Gasteiger partial charge in [-0.2, -0.15) is 9.61 Å². The number of methoxy groups -OCH3 is 2. The van der Waals surface area contributed by atoms with E-state index in [1.807, 2.05) is 40.9 Å². The van der Waals surface area contributed by atoms with Crippen molar-refractivity contribution >= 4 is 11.5 Å². The number of anilines is 1. The molecule has 0 aliphatic heterocycles. The third-order valence-electron chi connectivity index (χ3n) is 5.98. The average Bonchev–Trinajstić information content (AvgIpc) is 3.34. The number of ether oxygens (including phenoxy) is 2. The second-order valence-corrected chi connectivity index (χ2v) is 8.43. The van der Waals surface area contributed by atoms with Crippen LogP contribution in [0.4, 0.5) is 5.82 Å². The monoisotopic (exact) mass is 464 g/mol. The Morgan fingerprint density at radius 2 is 1.57 bits per heavy atom. The lowest BCUT2D eigenvalue weighted by Crippen LogP contribution is -2.10. The van der Waals surface area contributed by atoms with E-state index in [4.69, 9.17) is 19.6 Å². The van der Waals surface area contributed by atoms with Gasteiger partial charge in [0.2, 0.25) is 0 Å². The maximum atomic E-state index is 5.45. The standard InChI is InChI=1S/C29H28N4O2/c1-20-8-7-11-23(16-20)25-19-29-31-24(22-9-5-4-6-10-22)18-28(33(29)32-25)30-15-14-21-12-13-26(34-2)27(17-21)35-3/h4-13,16-19,30H,14-15H2,1-3H3. The van der Waals surface area contributed by atoms with E-state index in [9.17, 15) is 0 Å². The first-order chi connectivity index (χ1) is 17.1. The molecule has 0 bridgehead atoms. The van der Waals surface area contributed by atoms with Crippen molar-refractivity contribution in [3.05, 3.63) is 96.1 Å². The Labute approximate surface area is 205 Å².